The molecule has 1 fully saturated rings. The fourth-order valence-electron chi connectivity index (χ4n) is 2.33. The lowest BCUT2D eigenvalue weighted by atomic mass is 10.0. The van der Waals surface area contributed by atoms with Gasteiger partial charge in [0.15, 0.2) is 0 Å². The SMILES string of the molecule is C[C@H](CN[C@@H](C)CC(=O)N1CCOCC1)c1ccsc1. The van der Waals surface area contributed by atoms with Crippen molar-refractivity contribution in [3.8, 4) is 0 Å². The molecular weight excluding hydrogens is 272 g/mol. The summed E-state index contributed by atoms with van der Waals surface area (Å²) in [5, 5.41) is 7.77. The van der Waals surface area contributed by atoms with Gasteiger partial charge in [-0.25, -0.2) is 0 Å². The van der Waals surface area contributed by atoms with E-state index in [1.54, 1.807) is 11.3 Å². The molecule has 4 nitrogen and oxygen atoms in total. The van der Waals surface area contributed by atoms with Gasteiger partial charge >= 0.3 is 0 Å². The number of hydrogen-bond donors (Lipinski definition) is 1. The van der Waals surface area contributed by atoms with E-state index in [0.717, 1.165) is 19.6 Å². The van der Waals surface area contributed by atoms with Crippen LogP contribution in [0.25, 0.3) is 0 Å². The van der Waals surface area contributed by atoms with Gasteiger partial charge in [0.25, 0.3) is 0 Å². The van der Waals surface area contributed by atoms with Gasteiger partial charge in [-0.3, -0.25) is 4.79 Å². The summed E-state index contributed by atoms with van der Waals surface area (Å²) in [7, 11) is 0. The maximum absolute atomic E-state index is 12.1. The normalized spacial score (nSPS) is 18.8. The molecule has 0 unspecified atom stereocenters. The quantitative estimate of drug-likeness (QED) is 0.874. The third-order valence-electron chi connectivity index (χ3n) is 3.73. The van der Waals surface area contributed by atoms with Gasteiger partial charge in [0.05, 0.1) is 13.2 Å². The molecule has 0 spiro atoms. The predicted molar refractivity (Wildman–Crippen MR) is 82.2 cm³/mol. The summed E-state index contributed by atoms with van der Waals surface area (Å²) in [5.41, 5.74) is 1.37. The van der Waals surface area contributed by atoms with E-state index in [4.69, 9.17) is 4.74 Å². The number of thiophene rings is 1. The Morgan fingerprint density at radius 3 is 2.85 bits per heavy atom. The van der Waals surface area contributed by atoms with Crippen molar-refractivity contribution in [2.45, 2.75) is 32.2 Å². The monoisotopic (exact) mass is 296 g/mol. The molecule has 112 valence electrons. The van der Waals surface area contributed by atoms with Crippen molar-refractivity contribution < 1.29 is 9.53 Å². The fourth-order valence-corrected chi connectivity index (χ4v) is 3.11. The Hall–Kier alpha value is -0.910. The Kier molecular flexibility index (Phi) is 6.01. The zero-order chi connectivity index (χ0) is 14.4. The van der Waals surface area contributed by atoms with E-state index < -0.39 is 0 Å². The molecule has 2 rings (SSSR count). The lowest BCUT2D eigenvalue weighted by Crippen LogP contribution is -2.43. The molecule has 1 aliphatic heterocycles. The van der Waals surface area contributed by atoms with Crippen LogP contribution in [0, 0.1) is 0 Å². The number of ether oxygens (including phenoxy) is 1. The highest BCUT2D eigenvalue weighted by atomic mass is 32.1. The molecule has 0 saturated carbocycles. The Morgan fingerprint density at radius 2 is 2.20 bits per heavy atom. The number of carbonyl (C=O) groups is 1. The largest absolute Gasteiger partial charge is 0.378 e. The minimum absolute atomic E-state index is 0.214. The van der Waals surface area contributed by atoms with Crippen molar-refractivity contribution in [3.63, 3.8) is 0 Å². The molecule has 2 heterocycles. The lowest BCUT2D eigenvalue weighted by molar-refractivity contribution is -0.135. The van der Waals surface area contributed by atoms with Gasteiger partial charge < -0.3 is 15.0 Å². The maximum atomic E-state index is 12.1. The molecule has 5 heteroatoms. The predicted octanol–water partition coefficient (Wildman–Crippen LogP) is 2.08. The number of morpholine rings is 1. The second-order valence-corrected chi connectivity index (χ2v) is 6.24. The van der Waals surface area contributed by atoms with Crippen molar-refractivity contribution in [2.24, 2.45) is 0 Å². The molecule has 1 aromatic heterocycles. The standard InChI is InChI=1S/C15H24N2O2S/c1-12(14-3-8-20-11-14)10-16-13(2)9-15(18)17-4-6-19-7-5-17/h3,8,11-13,16H,4-7,9-10H2,1-2H3/t12-,13+/m1/s1. The Balaban J connectivity index is 1.69. The Labute approximate surface area is 125 Å². The van der Waals surface area contributed by atoms with E-state index in [2.05, 4.69) is 36.0 Å². The van der Waals surface area contributed by atoms with Crippen LogP contribution < -0.4 is 5.32 Å². The number of nitrogens with zero attached hydrogens (tertiary/aromatic N) is 1. The number of hydrogen-bond acceptors (Lipinski definition) is 4. The minimum Gasteiger partial charge on any atom is -0.378 e. The molecule has 2 atom stereocenters. The minimum atomic E-state index is 0.214. The molecule has 1 amide bonds. The van der Waals surface area contributed by atoms with E-state index in [0.29, 0.717) is 25.6 Å². The third kappa shape index (κ3) is 4.58. The van der Waals surface area contributed by atoms with Gasteiger partial charge in [0.2, 0.25) is 5.91 Å². The first-order valence-electron chi connectivity index (χ1n) is 7.28. The van der Waals surface area contributed by atoms with Crippen LogP contribution >= 0.6 is 11.3 Å². The summed E-state index contributed by atoms with van der Waals surface area (Å²) in [6.45, 7) is 8.01. The van der Waals surface area contributed by atoms with E-state index >= 15 is 0 Å². The van der Waals surface area contributed by atoms with Crippen molar-refractivity contribution in [3.05, 3.63) is 22.4 Å². The van der Waals surface area contributed by atoms with Crippen molar-refractivity contribution >= 4 is 17.2 Å². The van der Waals surface area contributed by atoms with Crippen molar-refractivity contribution in [1.29, 1.82) is 0 Å². The molecule has 1 aromatic rings. The lowest BCUT2D eigenvalue weighted by Gasteiger charge is -2.28. The van der Waals surface area contributed by atoms with Gasteiger partial charge in [-0.15, -0.1) is 0 Å². The van der Waals surface area contributed by atoms with Crippen LogP contribution in [0.15, 0.2) is 16.8 Å². The number of amides is 1. The van der Waals surface area contributed by atoms with Crippen LogP contribution in [0.5, 0.6) is 0 Å². The highest BCUT2D eigenvalue weighted by Crippen LogP contribution is 2.17. The van der Waals surface area contributed by atoms with Crippen LogP contribution in [-0.2, 0) is 9.53 Å². The molecule has 0 bridgehead atoms. The van der Waals surface area contributed by atoms with E-state index in [9.17, 15) is 4.79 Å². The summed E-state index contributed by atoms with van der Waals surface area (Å²) in [6.07, 6.45) is 0.566. The summed E-state index contributed by atoms with van der Waals surface area (Å²) >= 11 is 1.73. The van der Waals surface area contributed by atoms with Crippen molar-refractivity contribution in [2.75, 3.05) is 32.8 Å². The molecule has 0 aliphatic carbocycles. The van der Waals surface area contributed by atoms with Crippen molar-refractivity contribution in [1.82, 2.24) is 10.2 Å². The zero-order valence-electron chi connectivity index (χ0n) is 12.3. The smallest absolute Gasteiger partial charge is 0.224 e. The van der Waals surface area contributed by atoms with E-state index in [1.165, 1.54) is 5.56 Å². The zero-order valence-corrected chi connectivity index (χ0v) is 13.1. The molecule has 1 saturated heterocycles. The maximum Gasteiger partial charge on any atom is 0.224 e. The molecule has 20 heavy (non-hydrogen) atoms. The van der Waals surface area contributed by atoms with Gasteiger partial charge in [-0.2, -0.15) is 11.3 Å². The van der Waals surface area contributed by atoms with Crippen LogP contribution in [0.3, 0.4) is 0 Å². The summed E-state index contributed by atoms with van der Waals surface area (Å²) in [5.74, 6) is 0.721. The highest BCUT2D eigenvalue weighted by molar-refractivity contribution is 7.07. The first-order chi connectivity index (χ1) is 9.66. The first-order valence-corrected chi connectivity index (χ1v) is 8.22. The van der Waals surface area contributed by atoms with Gasteiger partial charge in [0, 0.05) is 32.1 Å². The Morgan fingerprint density at radius 1 is 1.45 bits per heavy atom. The van der Waals surface area contributed by atoms with E-state index in [-0.39, 0.29) is 11.9 Å². The van der Waals surface area contributed by atoms with Gasteiger partial charge in [0.1, 0.15) is 0 Å². The van der Waals surface area contributed by atoms with Crippen LogP contribution in [0.2, 0.25) is 0 Å². The van der Waals surface area contributed by atoms with Crippen LogP contribution in [-0.4, -0.2) is 49.7 Å². The van der Waals surface area contributed by atoms with Crippen LogP contribution in [0.1, 0.15) is 31.7 Å². The number of nitrogens with one attached hydrogen (secondary N) is 1. The molecule has 0 aromatic carbocycles. The van der Waals surface area contributed by atoms with E-state index in [1.807, 2.05) is 4.90 Å². The summed E-state index contributed by atoms with van der Waals surface area (Å²) in [4.78, 5) is 14.0. The molecule has 0 radical (unpaired) electrons. The highest BCUT2D eigenvalue weighted by Gasteiger charge is 2.19. The van der Waals surface area contributed by atoms with Gasteiger partial charge in [-0.05, 0) is 35.2 Å². The third-order valence-corrected chi connectivity index (χ3v) is 4.43. The second-order valence-electron chi connectivity index (χ2n) is 5.46. The van der Waals surface area contributed by atoms with Crippen LogP contribution in [0.4, 0.5) is 0 Å². The molecule has 1 aliphatic rings. The summed E-state index contributed by atoms with van der Waals surface area (Å²) < 4.78 is 5.27. The average Bonchev–Trinajstić information content (AvgIpc) is 3.00. The van der Waals surface area contributed by atoms with Gasteiger partial charge in [-0.1, -0.05) is 6.92 Å². The summed E-state index contributed by atoms with van der Waals surface area (Å²) in [6, 6.07) is 2.38. The Bertz CT molecular complexity index is 402. The molecular formula is C15H24N2O2S. The average molecular weight is 296 g/mol. The number of carbonyl (C=O) groups excluding carboxylic acids is 1. The number of rotatable bonds is 6. The first kappa shape index (κ1) is 15.5. The molecule has 1 N–H and O–H groups in total. The fraction of sp³-hybridized carbons (Fsp3) is 0.667. The second kappa shape index (κ2) is 7.76. The topological polar surface area (TPSA) is 41.6 Å².